The van der Waals surface area contributed by atoms with E-state index in [9.17, 15) is 5.11 Å². The van der Waals surface area contributed by atoms with Crippen LogP contribution in [0.3, 0.4) is 0 Å². The summed E-state index contributed by atoms with van der Waals surface area (Å²) < 4.78 is 17.8. The van der Waals surface area contributed by atoms with Crippen molar-refractivity contribution in [2.45, 2.75) is 12.8 Å². The molecule has 2 heterocycles. The van der Waals surface area contributed by atoms with Crippen molar-refractivity contribution >= 4 is 15.9 Å². The largest absolute Gasteiger partial charge is 0.506 e. The predicted molar refractivity (Wildman–Crippen MR) is 105 cm³/mol. The summed E-state index contributed by atoms with van der Waals surface area (Å²) in [6.07, 6.45) is 5.92. The van der Waals surface area contributed by atoms with Gasteiger partial charge >= 0.3 is 0 Å². The summed E-state index contributed by atoms with van der Waals surface area (Å²) >= 11 is 3.42. The highest BCUT2D eigenvalue weighted by Crippen LogP contribution is 2.31. The second-order valence-corrected chi connectivity index (χ2v) is 6.57. The van der Waals surface area contributed by atoms with Gasteiger partial charge in [0.1, 0.15) is 17.2 Å². The molecule has 2 aromatic heterocycles. The Labute approximate surface area is 165 Å². The van der Waals surface area contributed by atoms with E-state index in [1.807, 2.05) is 30.3 Å². The Morgan fingerprint density at radius 3 is 2.81 bits per heavy atom. The van der Waals surface area contributed by atoms with Crippen LogP contribution in [-0.2, 0) is 6.42 Å². The lowest BCUT2D eigenvalue weighted by Crippen LogP contribution is -2.03. The fourth-order valence-electron chi connectivity index (χ4n) is 2.52. The van der Waals surface area contributed by atoms with E-state index in [-0.39, 0.29) is 5.75 Å². The Hall–Kier alpha value is -2.80. The first-order chi connectivity index (χ1) is 13.2. The summed E-state index contributed by atoms with van der Waals surface area (Å²) in [6.45, 7) is 0.436. The van der Waals surface area contributed by atoms with E-state index in [2.05, 4.69) is 25.9 Å². The molecule has 3 aromatic rings. The van der Waals surface area contributed by atoms with Crippen molar-refractivity contribution in [2.75, 3.05) is 13.7 Å². The number of rotatable bonds is 8. The molecular formula is C20H19BrN2O4. The molecule has 0 unspecified atom stereocenters. The van der Waals surface area contributed by atoms with Crippen LogP contribution in [0.5, 0.6) is 28.9 Å². The lowest BCUT2D eigenvalue weighted by Gasteiger charge is -2.12. The van der Waals surface area contributed by atoms with E-state index in [0.29, 0.717) is 48.1 Å². The van der Waals surface area contributed by atoms with Gasteiger partial charge in [0.05, 0.1) is 26.1 Å². The molecule has 1 aromatic carbocycles. The Morgan fingerprint density at radius 2 is 2.00 bits per heavy atom. The first-order valence-corrected chi connectivity index (χ1v) is 9.17. The zero-order valence-corrected chi connectivity index (χ0v) is 16.3. The van der Waals surface area contributed by atoms with Crippen LogP contribution >= 0.6 is 15.9 Å². The van der Waals surface area contributed by atoms with Crippen molar-refractivity contribution in [3.05, 3.63) is 65.0 Å². The van der Waals surface area contributed by atoms with Crippen LogP contribution in [0.1, 0.15) is 12.0 Å². The van der Waals surface area contributed by atoms with Gasteiger partial charge in [-0.15, -0.1) is 0 Å². The van der Waals surface area contributed by atoms with Gasteiger partial charge in [0, 0.05) is 16.2 Å². The Balaban J connectivity index is 1.61. The van der Waals surface area contributed by atoms with Gasteiger partial charge in [0.2, 0.25) is 0 Å². The number of benzene rings is 1. The highest BCUT2D eigenvalue weighted by Gasteiger charge is 2.11. The molecule has 0 fully saturated rings. The molecule has 1 N–H and O–H groups in total. The van der Waals surface area contributed by atoms with E-state index in [1.54, 1.807) is 25.6 Å². The Bertz CT molecular complexity index is 905. The highest BCUT2D eigenvalue weighted by molar-refractivity contribution is 9.10. The van der Waals surface area contributed by atoms with Gasteiger partial charge in [-0.25, -0.2) is 4.98 Å². The lowest BCUT2D eigenvalue weighted by atomic mass is 10.1. The number of hydrogen-bond donors (Lipinski definition) is 1. The van der Waals surface area contributed by atoms with Crippen molar-refractivity contribution in [1.82, 2.24) is 9.97 Å². The van der Waals surface area contributed by atoms with Crippen molar-refractivity contribution in [3.8, 4) is 28.9 Å². The van der Waals surface area contributed by atoms with Crippen molar-refractivity contribution in [3.63, 3.8) is 0 Å². The smallest absolute Gasteiger partial charge is 0.262 e. The number of pyridine rings is 2. The molecule has 0 saturated heterocycles. The molecule has 0 aliphatic carbocycles. The number of nitrogens with zero attached hydrogens (tertiary/aromatic N) is 2. The summed E-state index contributed by atoms with van der Waals surface area (Å²) in [5.74, 6) is 2.31. The number of hydrogen-bond acceptors (Lipinski definition) is 6. The number of ether oxygens (including phenoxy) is 3. The molecule has 0 atom stereocenters. The van der Waals surface area contributed by atoms with Crippen LogP contribution in [0.2, 0.25) is 0 Å². The predicted octanol–water partition coefficient (Wildman–Crippen LogP) is 4.76. The van der Waals surface area contributed by atoms with Gasteiger partial charge in [-0.1, -0.05) is 22.0 Å². The lowest BCUT2D eigenvalue weighted by molar-refractivity contribution is 0.291. The molecule has 0 aliphatic heterocycles. The molecular weight excluding hydrogens is 412 g/mol. The van der Waals surface area contributed by atoms with Crippen LogP contribution < -0.4 is 14.2 Å². The molecule has 0 radical (unpaired) electrons. The maximum absolute atomic E-state index is 9.95. The zero-order chi connectivity index (χ0) is 19.1. The van der Waals surface area contributed by atoms with Gasteiger partial charge in [0.25, 0.3) is 5.88 Å². The third-order valence-electron chi connectivity index (χ3n) is 3.79. The Kier molecular flexibility index (Phi) is 6.49. The van der Waals surface area contributed by atoms with E-state index in [4.69, 9.17) is 14.2 Å². The molecule has 0 saturated carbocycles. The second kappa shape index (κ2) is 9.23. The van der Waals surface area contributed by atoms with Gasteiger partial charge in [-0.05, 0) is 43.2 Å². The van der Waals surface area contributed by atoms with Crippen LogP contribution in [0.4, 0.5) is 0 Å². The fraction of sp³-hybridized carbons (Fsp3) is 0.200. The van der Waals surface area contributed by atoms with Crippen molar-refractivity contribution < 1.29 is 19.3 Å². The summed E-state index contributed by atoms with van der Waals surface area (Å²) in [5, 5.41) is 9.95. The minimum Gasteiger partial charge on any atom is -0.506 e. The van der Waals surface area contributed by atoms with Crippen LogP contribution in [0.15, 0.2) is 59.5 Å². The molecule has 0 aliphatic rings. The molecule has 140 valence electrons. The van der Waals surface area contributed by atoms with E-state index in [1.165, 1.54) is 6.20 Å². The normalized spacial score (nSPS) is 10.4. The molecule has 3 rings (SSSR count). The average Bonchev–Trinajstić information content (AvgIpc) is 2.67. The first-order valence-electron chi connectivity index (χ1n) is 8.38. The minimum absolute atomic E-state index is 0.120. The number of aromatic nitrogens is 2. The van der Waals surface area contributed by atoms with Crippen molar-refractivity contribution in [2.24, 2.45) is 0 Å². The van der Waals surface area contributed by atoms with E-state index < -0.39 is 0 Å². The van der Waals surface area contributed by atoms with Gasteiger partial charge in [0.15, 0.2) is 5.75 Å². The fourth-order valence-corrected chi connectivity index (χ4v) is 2.90. The summed E-state index contributed by atoms with van der Waals surface area (Å²) in [7, 11) is 1.55. The zero-order valence-electron chi connectivity index (χ0n) is 14.8. The second-order valence-electron chi connectivity index (χ2n) is 5.66. The topological polar surface area (TPSA) is 73.7 Å². The van der Waals surface area contributed by atoms with E-state index in [0.717, 1.165) is 4.47 Å². The minimum atomic E-state index is 0.120. The quantitative estimate of drug-likeness (QED) is 0.519. The first kappa shape index (κ1) is 19.0. The average molecular weight is 431 g/mol. The molecule has 0 bridgehead atoms. The Morgan fingerprint density at radius 1 is 1.11 bits per heavy atom. The number of aromatic hydroxyl groups is 1. The molecule has 0 amide bonds. The number of methoxy groups -OCH3 is 1. The van der Waals surface area contributed by atoms with Gasteiger partial charge in [-0.2, -0.15) is 0 Å². The third kappa shape index (κ3) is 5.10. The van der Waals surface area contributed by atoms with Gasteiger partial charge in [-0.3, -0.25) is 4.98 Å². The monoisotopic (exact) mass is 430 g/mol. The summed E-state index contributed by atoms with van der Waals surface area (Å²) in [5.41, 5.74) is 0.716. The maximum atomic E-state index is 9.95. The third-order valence-corrected chi connectivity index (χ3v) is 4.28. The molecule has 6 nitrogen and oxygen atoms in total. The summed E-state index contributed by atoms with van der Waals surface area (Å²) in [6, 6.07) is 11.1. The van der Waals surface area contributed by atoms with Gasteiger partial charge < -0.3 is 19.3 Å². The standard InChI is InChI=1S/C20H19BrN2O4/c1-25-19-13-22-12-17(24)16(19)7-4-10-26-18-8-3-9-23-20(18)27-15-6-2-5-14(21)11-15/h2-3,5-6,8-9,11-13,24H,4,7,10H2,1H3. The highest BCUT2D eigenvalue weighted by atomic mass is 79.9. The van der Waals surface area contributed by atoms with Crippen molar-refractivity contribution in [1.29, 1.82) is 0 Å². The molecule has 27 heavy (non-hydrogen) atoms. The SMILES string of the molecule is COc1cncc(O)c1CCCOc1cccnc1Oc1cccc(Br)c1. The molecule has 7 heteroatoms. The maximum Gasteiger partial charge on any atom is 0.262 e. The van der Waals surface area contributed by atoms with Crippen LogP contribution in [0, 0.1) is 0 Å². The number of halogens is 1. The van der Waals surface area contributed by atoms with E-state index >= 15 is 0 Å². The molecule has 0 spiro atoms. The van der Waals surface area contributed by atoms with Crippen LogP contribution in [-0.4, -0.2) is 28.8 Å². The summed E-state index contributed by atoms with van der Waals surface area (Å²) in [4.78, 5) is 8.17. The van der Waals surface area contributed by atoms with Crippen LogP contribution in [0.25, 0.3) is 0 Å².